The molecule has 0 fully saturated rings. The molecule has 0 radical (unpaired) electrons. The summed E-state index contributed by atoms with van der Waals surface area (Å²) in [5.41, 5.74) is 5.57. The van der Waals surface area contributed by atoms with Crippen molar-refractivity contribution in [3.05, 3.63) is 69.4 Å². The maximum atomic E-state index is 9.08. The van der Waals surface area contributed by atoms with Gasteiger partial charge in [0.1, 0.15) is 35.4 Å². The van der Waals surface area contributed by atoms with Crippen molar-refractivity contribution < 1.29 is 14.2 Å². The van der Waals surface area contributed by atoms with Crippen LogP contribution in [0.5, 0.6) is 0 Å². The Kier molecular flexibility index (Phi) is 13.3. The Morgan fingerprint density at radius 3 is 1.10 bits per heavy atom. The van der Waals surface area contributed by atoms with Gasteiger partial charge in [-0.1, -0.05) is 0 Å². The Balaban J connectivity index is 1.52. The summed E-state index contributed by atoms with van der Waals surface area (Å²) in [7, 11) is 0. The summed E-state index contributed by atoms with van der Waals surface area (Å²) < 4.78 is 16.9. The smallest absolute Gasteiger partial charge is 0.137 e. The van der Waals surface area contributed by atoms with Gasteiger partial charge >= 0.3 is 0 Å². The molecule has 0 saturated heterocycles. The van der Waals surface area contributed by atoms with E-state index < -0.39 is 0 Å². The zero-order valence-corrected chi connectivity index (χ0v) is 23.3. The highest BCUT2D eigenvalue weighted by Gasteiger charge is 2.16. The van der Waals surface area contributed by atoms with Gasteiger partial charge in [-0.25, -0.2) is 0 Å². The Bertz CT molecular complexity index is 1070. The lowest BCUT2D eigenvalue weighted by molar-refractivity contribution is 0.0127. The van der Waals surface area contributed by atoms with Gasteiger partial charge < -0.3 is 24.0 Å². The highest BCUT2D eigenvalue weighted by molar-refractivity contribution is 5.54. The molecule has 0 amide bonds. The summed E-state index contributed by atoms with van der Waals surface area (Å²) >= 11 is 0. The van der Waals surface area contributed by atoms with E-state index in [2.05, 4.69) is 9.80 Å². The van der Waals surface area contributed by atoms with Crippen LogP contribution in [0.15, 0.2) is 69.4 Å². The second kappa shape index (κ2) is 16.7. The van der Waals surface area contributed by atoms with Crippen LogP contribution < -0.4 is 0 Å². The van der Waals surface area contributed by atoms with Gasteiger partial charge in [0.15, 0.2) is 0 Å². The molecule has 2 aliphatic heterocycles. The molecule has 39 heavy (non-hydrogen) atoms. The Morgan fingerprint density at radius 2 is 0.821 bits per heavy atom. The van der Waals surface area contributed by atoms with E-state index in [9.17, 15) is 0 Å². The molecule has 0 unspecified atom stereocenters. The summed E-state index contributed by atoms with van der Waals surface area (Å²) in [5.74, 6) is 0. The van der Waals surface area contributed by atoms with Crippen LogP contribution in [-0.4, -0.2) is 62.5 Å². The largest absolute Gasteiger partial charge is 0.379 e. The van der Waals surface area contributed by atoms with E-state index in [1.54, 1.807) is 0 Å². The van der Waals surface area contributed by atoms with Gasteiger partial charge in [0, 0.05) is 60.2 Å². The number of rotatable bonds is 14. The van der Waals surface area contributed by atoms with E-state index in [0.717, 1.165) is 48.7 Å². The number of allylic oxidation sites excluding steroid dienone is 12. The summed E-state index contributed by atoms with van der Waals surface area (Å²) in [4.78, 5) is 4.31. The minimum absolute atomic E-state index is 0.126. The Hall–Kier alpha value is -4.12. The predicted octanol–water partition coefficient (Wildman–Crippen LogP) is 4.75. The number of nitrogens with zero attached hydrogens (tertiary/aromatic N) is 6. The van der Waals surface area contributed by atoms with Crippen molar-refractivity contribution in [2.24, 2.45) is 0 Å². The minimum atomic E-state index is 0.126. The third-order valence-electron chi connectivity index (χ3n) is 6.27. The molecule has 2 heterocycles. The molecule has 0 spiro atoms. The number of hydrogen-bond acceptors (Lipinski definition) is 9. The quantitative estimate of drug-likeness (QED) is 0.232. The van der Waals surface area contributed by atoms with Crippen LogP contribution >= 0.6 is 0 Å². The van der Waals surface area contributed by atoms with Crippen LogP contribution in [0.4, 0.5) is 0 Å². The second-order valence-corrected chi connectivity index (χ2v) is 9.10. The molecule has 2 rings (SSSR count). The summed E-state index contributed by atoms with van der Waals surface area (Å²) in [5, 5.41) is 36.3. The predicted molar refractivity (Wildman–Crippen MR) is 147 cm³/mol. The molecule has 0 N–H and O–H groups in total. The van der Waals surface area contributed by atoms with Crippen LogP contribution in [-0.2, 0) is 14.2 Å². The molecule has 0 atom stereocenters. The van der Waals surface area contributed by atoms with Gasteiger partial charge in [-0.3, -0.25) is 0 Å². The van der Waals surface area contributed by atoms with Crippen molar-refractivity contribution in [2.75, 3.05) is 52.7 Å². The summed E-state index contributed by atoms with van der Waals surface area (Å²) in [6, 6.07) is 7.77. The molecular formula is C30H36N6O3. The highest BCUT2D eigenvalue weighted by Crippen LogP contribution is 2.25. The van der Waals surface area contributed by atoms with Gasteiger partial charge in [0.05, 0.1) is 26.4 Å². The minimum Gasteiger partial charge on any atom is -0.379 e. The Labute approximate surface area is 232 Å². The average molecular weight is 529 g/mol. The summed E-state index contributed by atoms with van der Waals surface area (Å²) in [6.45, 7) is 12.8. The monoisotopic (exact) mass is 528 g/mol. The van der Waals surface area contributed by atoms with Crippen molar-refractivity contribution in [2.45, 2.75) is 40.5 Å². The van der Waals surface area contributed by atoms with Crippen LogP contribution in [0.3, 0.4) is 0 Å². The van der Waals surface area contributed by atoms with Gasteiger partial charge in [-0.2, -0.15) is 21.0 Å². The van der Waals surface area contributed by atoms with Crippen molar-refractivity contribution in [1.82, 2.24) is 9.80 Å². The van der Waals surface area contributed by atoms with Crippen molar-refractivity contribution in [3.63, 3.8) is 0 Å². The van der Waals surface area contributed by atoms with E-state index in [1.807, 2.05) is 76.3 Å². The maximum Gasteiger partial charge on any atom is 0.137 e. The van der Waals surface area contributed by atoms with E-state index in [0.29, 0.717) is 50.8 Å². The van der Waals surface area contributed by atoms with Crippen molar-refractivity contribution >= 4 is 0 Å². The number of nitriles is 4. The van der Waals surface area contributed by atoms with Crippen molar-refractivity contribution in [1.29, 1.82) is 21.0 Å². The Morgan fingerprint density at radius 1 is 0.538 bits per heavy atom. The fourth-order valence-electron chi connectivity index (χ4n) is 4.35. The first-order valence-corrected chi connectivity index (χ1v) is 13.0. The molecule has 2 aliphatic rings. The van der Waals surface area contributed by atoms with E-state index in [1.165, 1.54) is 0 Å². The lowest BCUT2D eigenvalue weighted by atomic mass is 10.0. The molecule has 0 saturated carbocycles. The third-order valence-corrected chi connectivity index (χ3v) is 6.27. The molecule has 0 aromatic heterocycles. The van der Waals surface area contributed by atoms with Crippen LogP contribution in [0.2, 0.25) is 0 Å². The van der Waals surface area contributed by atoms with Gasteiger partial charge in [-0.15, -0.1) is 0 Å². The topological polar surface area (TPSA) is 129 Å². The lowest BCUT2D eigenvalue weighted by Gasteiger charge is -2.29. The molecular weight excluding hydrogens is 492 g/mol. The van der Waals surface area contributed by atoms with E-state index in [4.69, 9.17) is 35.3 Å². The van der Waals surface area contributed by atoms with Gasteiger partial charge in [-0.05, 0) is 64.8 Å². The van der Waals surface area contributed by atoms with Crippen molar-refractivity contribution in [3.8, 4) is 24.3 Å². The first-order chi connectivity index (χ1) is 18.9. The zero-order valence-electron chi connectivity index (χ0n) is 23.3. The molecule has 0 aromatic carbocycles. The lowest BCUT2D eigenvalue weighted by Crippen LogP contribution is -2.25. The van der Waals surface area contributed by atoms with Gasteiger partial charge in [0.2, 0.25) is 0 Å². The average Bonchev–Trinajstić information content (AvgIpc) is 2.90. The van der Waals surface area contributed by atoms with Gasteiger partial charge in [0.25, 0.3) is 0 Å². The van der Waals surface area contributed by atoms with Crippen LogP contribution in [0.25, 0.3) is 0 Å². The molecule has 9 nitrogen and oxygen atoms in total. The normalized spacial score (nSPS) is 14.8. The number of hydrogen-bond donors (Lipinski definition) is 0. The molecule has 204 valence electrons. The second-order valence-electron chi connectivity index (χ2n) is 9.10. The zero-order chi connectivity index (χ0) is 28.6. The molecule has 9 heteroatoms. The van der Waals surface area contributed by atoms with Crippen LogP contribution in [0.1, 0.15) is 40.5 Å². The van der Waals surface area contributed by atoms with E-state index >= 15 is 0 Å². The third kappa shape index (κ3) is 9.60. The standard InChI is InChI=1S/C30H36N6O3/c1-23-15-27(29(19-31)20-32)16-24(2)35(23)7-5-9-37-11-13-39-14-12-38-10-6-8-36-25(3)17-28(18-26(36)4)30(21-33)22-34/h15-18H,5-14H2,1-4H3. The van der Waals surface area contributed by atoms with E-state index in [-0.39, 0.29) is 11.1 Å². The highest BCUT2D eigenvalue weighted by atomic mass is 16.5. The van der Waals surface area contributed by atoms with Crippen LogP contribution in [0, 0.1) is 45.3 Å². The fraction of sp³-hybridized carbons (Fsp3) is 0.467. The summed E-state index contributed by atoms with van der Waals surface area (Å²) in [6.07, 6.45) is 9.16. The maximum absolute atomic E-state index is 9.08. The first-order valence-electron chi connectivity index (χ1n) is 13.0. The number of ether oxygens (including phenoxy) is 3. The first kappa shape index (κ1) is 31.1. The molecule has 0 aliphatic carbocycles. The fourth-order valence-corrected chi connectivity index (χ4v) is 4.35. The molecule has 0 aromatic rings. The molecule has 0 bridgehead atoms. The SMILES string of the molecule is CC1=CC(=C(C#N)C#N)C=C(C)N1CCCOCCOCCOCCCN1C(C)=CC(=C(C#N)C#N)C=C1C.